The van der Waals surface area contributed by atoms with E-state index < -0.39 is 11.9 Å². The van der Waals surface area contributed by atoms with E-state index >= 15 is 0 Å². The minimum Gasteiger partial charge on any atom is -0.465 e. The number of pyridine rings is 1. The first-order chi connectivity index (χ1) is 15.0. The van der Waals surface area contributed by atoms with Gasteiger partial charge < -0.3 is 19.8 Å². The molecule has 0 amide bonds. The third-order valence-corrected chi connectivity index (χ3v) is 5.57. The summed E-state index contributed by atoms with van der Waals surface area (Å²) < 4.78 is 12.4. The van der Waals surface area contributed by atoms with E-state index in [-0.39, 0.29) is 17.0 Å². The maximum atomic E-state index is 13.7. The minimum atomic E-state index is -0.673. The number of carbonyl (C=O) groups is 1. The van der Waals surface area contributed by atoms with Crippen LogP contribution in [-0.2, 0) is 22.5 Å². The summed E-state index contributed by atoms with van der Waals surface area (Å²) in [4.78, 5) is 26.3. The summed E-state index contributed by atoms with van der Waals surface area (Å²) >= 11 is 0. The largest absolute Gasteiger partial charge is 0.465 e. The van der Waals surface area contributed by atoms with Crippen molar-refractivity contribution in [3.8, 4) is 5.75 Å². The lowest BCUT2D eigenvalue weighted by molar-refractivity contribution is -0.136. The van der Waals surface area contributed by atoms with E-state index in [2.05, 4.69) is 0 Å². The second-order valence-electron chi connectivity index (χ2n) is 7.47. The molecule has 0 spiro atoms. The number of benzene rings is 2. The highest BCUT2D eigenvalue weighted by Gasteiger charge is 2.38. The van der Waals surface area contributed by atoms with Crippen molar-refractivity contribution in [1.82, 2.24) is 4.57 Å². The maximum Gasteiger partial charge on any atom is 0.340 e. The van der Waals surface area contributed by atoms with Crippen molar-refractivity contribution in [2.45, 2.75) is 25.8 Å². The predicted molar refractivity (Wildman–Crippen MR) is 118 cm³/mol. The van der Waals surface area contributed by atoms with Crippen LogP contribution in [0.25, 0.3) is 0 Å². The second kappa shape index (κ2) is 8.52. The monoisotopic (exact) mass is 416 g/mol. The Balaban J connectivity index is 1.85. The fourth-order valence-corrected chi connectivity index (χ4v) is 4.04. The van der Waals surface area contributed by atoms with E-state index in [4.69, 9.17) is 15.2 Å². The third kappa shape index (κ3) is 3.84. The lowest BCUT2D eigenvalue weighted by Crippen LogP contribution is -2.35. The molecular weight excluding hydrogens is 392 g/mol. The number of esters is 1. The molecule has 4 rings (SSSR count). The first-order valence-corrected chi connectivity index (χ1v) is 10.1. The molecule has 158 valence electrons. The van der Waals surface area contributed by atoms with Crippen LogP contribution in [0.15, 0.2) is 83.0 Å². The van der Waals surface area contributed by atoms with Gasteiger partial charge in [0.2, 0.25) is 5.88 Å². The zero-order valence-electron chi connectivity index (χ0n) is 17.5. The number of methoxy groups -OCH3 is 1. The van der Waals surface area contributed by atoms with Crippen molar-refractivity contribution in [3.05, 3.63) is 111 Å². The Bertz CT molecular complexity index is 1200. The lowest BCUT2D eigenvalue weighted by atomic mass is 9.83. The van der Waals surface area contributed by atoms with E-state index in [0.717, 1.165) is 16.8 Å². The molecule has 1 aliphatic rings. The van der Waals surface area contributed by atoms with Gasteiger partial charge in [0.25, 0.3) is 5.56 Å². The molecule has 0 saturated carbocycles. The van der Waals surface area contributed by atoms with Crippen LogP contribution in [0.3, 0.4) is 0 Å². The molecule has 6 nitrogen and oxygen atoms in total. The molecule has 2 aromatic carbocycles. The number of aromatic nitrogens is 1. The number of carbonyl (C=O) groups excluding carboxylic acids is 1. The van der Waals surface area contributed by atoms with Crippen LogP contribution in [0.1, 0.15) is 28.3 Å². The van der Waals surface area contributed by atoms with E-state index in [1.54, 1.807) is 10.6 Å². The number of hydrogen-bond acceptors (Lipinski definition) is 5. The SMILES string of the molecule is COC(=O)C1=C(N)Oc2cc(C)n(CCc3ccccc3)c(=O)c2C1c1ccccc1. The molecule has 1 aliphatic heterocycles. The molecule has 6 heteroatoms. The van der Waals surface area contributed by atoms with Gasteiger partial charge in [-0.15, -0.1) is 0 Å². The Morgan fingerprint density at radius 1 is 1.10 bits per heavy atom. The van der Waals surface area contributed by atoms with Gasteiger partial charge in [-0.3, -0.25) is 4.79 Å². The van der Waals surface area contributed by atoms with Gasteiger partial charge in [-0.1, -0.05) is 60.7 Å². The van der Waals surface area contributed by atoms with Crippen LogP contribution in [0, 0.1) is 6.92 Å². The number of fused-ring (bicyclic) bond motifs is 1. The fraction of sp³-hybridized carbons (Fsp3) is 0.200. The summed E-state index contributed by atoms with van der Waals surface area (Å²) in [5, 5.41) is 0. The van der Waals surface area contributed by atoms with Crippen molar-refractivity contribution >= 4 is 5.97 Å². The van der Waals surface area contributed by atoms with Crippen molar-refractivity contribution in [1.29, 1.82) is 0 Å². The number of nitrogens with zero attached hydrogens (tertiary/aromatic N) is 1. The zero-order valence-corrected chi connectivity index (χ0v) is 17.5. The molecule has 1 aromatic heterocycles. The standard InChI is InChI=1S/C25H24N2O4/c1-16-15-19-21(24(28)27(16)14-13-17-9-5-3-6-10-17)20(18-11-7-4-8-12-18)22(23(26)31-19)25(29)30-2/h3-12,15,20H,13-14,26H2,1-2H3. The van der Waals surface area contributed by atoms with Crippen LogP contribution in [0.2, 0.25) is 0 Å². The van der Waals surface area contributed by atoms with E-state index in [1.807, 2.05) is 67.6 Å². The van der Waals surface area contributed by atoms with E-state index in [0.29, 0.717) is 24.3 Å². The molecule has 0 bridgehead atoms. The summed E-state index contributed by atoms with van der Waals surface area (Å²) in [7, 11) is 1.29. The molecule has 0 radical (unpaired) electrons. The molecule has 0 aliphatic carbocycles. The van der Waals surface area contributed by atoms with Gasteiger partial charge in [0, 0.05) is 18.3 Å². The average Bonchev–Trinajstić information content (AvgIpc) is 2.78. The molecule has 2 heterocycles. The Hall–Kier alpha value is -3.80. The second-order valence-corrected chi connectivity index (χ2v) is 7.47. The van der Waals surface area contributed by atoms with Gasteiger partial charge in [0.1, 0.15) is 11.3 Å². The highest BCUT2D eigenvalue weighted by Crippen LogP contribution is 2.41. The Morgan fingerprint density at radius 3 is 2.39 bits per heavy atom. The highest BCUT2D eigenvalue weighted by atomic mass is 16.5. The number of ether oxygens (including phenoxy) is 2. The van der Waals surface area contributed by atoms with Crippen molar-refractivity contribution in [2.75, 3.05) is 7.11 Å². The van der Waals surface area contributed by atoms with Gasteiger partial charge in [-0.05, 0) is 24.5 Å². The zero-order chi connectivity index (χ0) is 22.0. The van der Waals surface area contributed by atoms with E-state index in [9.17, 15) is 9.59 Å². The molecule has 0 fully saturated rings. The number of hydrogen-bond donors (Lipinski definition) is 1. The Morgan fingerprint density at radius 2 is 1.74 bits per heavy atom. The number of aryl methyl sites for hydroxylation is 2. The van der Waals surface area contributed by atoms with Gasteiger partial charge in [0.15, 0.2) is 0 Å². The first kappa shape index (κ1) is 20.5. The van der Waals surface area contributed by atoms with E-state index in [1.165, 1.54) is 7.11 Å². The van der Waals surface area contributed by atoms with Crippen molar-refractivity contribution in [3.63, 3.8) is 0 Å². The summed E-state index contributed by atoms with van der Waals surface area (Å²) in [6, 6.07) is 21.1. The van der Waals surface area contributed by atoms with Gasteiger partial charge in [0.05, 0.1) is 18.6 Å². The molecular formula is C25H24N2O4. The predicted octanol–water partition coefficient (Wildman–Crippen LogP) is 3.27. The average molecular weight is 416 g/mol. The molecule has 31 heavy (non-hydrogen) atoms. The smallest absolute Gasteiger partial charge is 0.340 e. The van der Waals surface area contributed by atoms with Crippen LogP contribution >= 0.6 is 0 Å². The quantitative estimate of drug-likeness (QED) is 0.646. The third-order valence-electron chi connectivity index (χ3n) is 5.57. The topological polar surface area (TPSA) is 83.5 Å². The molecule has 1 unspecified atom stereocenters. The van der Waals surface area contributed by atoms with Gasteiger partial charge in [-0.2, -0.15) is 0 Å². The molecule has 0 saturated heterocycles. The maximum absolute atomic E-state index is 13.7. The van der Waals surface area contributed by atoms with Gasteiger partial charge >= 0.3 is 5.97 Å². The highest BCUT2D eigenvalue weighted by molar-refractivity contribution is 5.92. The minimum absolute atomic E-state index is 0.0472. The van der Waals surface area contributed by atoms with Crippen LogP contribution in [-0.4, -0.2) is 17.6 Å². The summed E-state index contributed by atoms with van der Waals surface area (Å²) in [5.74, 6) is -0.965. The van der Waals surface area contributed by atoms with Crippen molar-refractivity contribution in [2.24, 2.45) is 5.73 Å². The number of rotatable bonds is 5. The van der Waals surface area contributed by atoms with Crippen molar-refractivity contribution < 1.29 is 14.3 Å². The number of nitrogens with two attached hydrogens (primary N) is 1. The Labute approximate surface area is 180 Å². The van der Waals surface area contributed by atoms with Crippen LogP contribution in [0.4, 0.5) is 0 Å². The molecule has 1 atom stereocenters. The lowest BCUT2D eigenvalue weighted by Gasteiger charge is -2.29. The normalized spacial score (nSPS) is 15.2. The van der Waals surface area contributed by atoms with Crippen LogP contribution in [0.5, 0.6) is 5.75 Å². The first-order valence-electron chi connectivity index (χ1n) is 10.1. The Kier molecular flexibility index (Phi) is 5.62. The fourth-order valence-electron chi connectivity index (χ4n) is 4.04. The summed E-state index contributed by atoms with van der Waals surface area (Å²) in [6.07, 6.45) is 0.707. The summed E-state index contributed by atoms with van der Waals surface area (Å²) in [6.45, 7) is 2.37. The molecule has 2 N–H and O–H groups in total. The molecule has 3 aromatic rings. The summed E-state index contributed by atoms with van der Waals surface area (Å²) in [5.41, 5.74) is 9.12. The van der Waals surface area contributed by atoms with Gasteiger partial charge in [-0.25, -0.2) is 4.79 Å². The van der Waals surface area contributed by atoms with Crippen LogP contribution < -0.4 is 16.0 Å².